The molecule has 1 aromatic heterocycles. The van der Waals surface area contributed by atoms with Gasteiger partial charge in [-0.1, -0.05) is 6.07 Å². The van der Waals surface area contributed by atoms with Gasteiger partial charge in [0.15, 0.2) is 17.5 Å². The lowest BCUT2D eigenvalue weighted by atomic mass is 10.2. The highest BCUT2D eigenvalue weighted by molar-refractivity contribution is 7.89. The van der Waals surface area contributed by atoms with Crippen LogP contribution in [0, 0.1) is 24.4 Å². The van der Waals surface area contributed by atoms with E-state index in [4.69, 9.17) is 0 Å². The number of rotatable bonds is 5. The number of pyridine rings is 1. The third-order valence-electron chi connectivity index (χ3n) is 2.95. The molecule has 0 amide bonds. The Morgan fingerprint density at radius 2 is 1.77 bits per heavy atom. The Balaban J connectivity index is 2.06. The molecule has 0 aliphatic heterocycles. The number of aryl methyl sites for hydroxylation is 1. The molecule has 0 aliphatic carbocycles. The first-order chi connectivity index (χ1) is 10.3. The SMILES string of the molecule is Cc1ccc(CCNS(=O)(=O)c2cc(F)c(F)c(F)c2)cn1. The number of aromatic nitrogens is 1. The van der Waals surface area contributed by atoms with Crippen LogP contribution < -0.4 is 4.72 Å². The standard InChI is InChI=1S/C14H13F3N2O2S/c1-9-2-3-10(8-18-9)4-5-19-22(20,21)11-6-12(15)14(17)13(16)7-11/h2-3,6-8,19H,4-5H2,1H3. The van der Waals surface area contributed by atoms with Crippen LogP contribution in [0.4, 0.5) is 13.2 Å². The third kappa shape index (κ3) is 3.83. The molecule has 0 saturated carbocycles. The summed E-state index contributed by atoms with van der Waals surface area (Å²) in [5.41, 5.74) is 1.64. The van der Waals surface area contributed by atoms with Crippen LogP contribution in [0.1, 0.15) is 11.3 Å². The topological polar surface area (TPSA) is 59.1 Å². The number of benzene rings is 1. The number of sulfonamides is 1. The van der Waals surface area contributed by atoms with Crippen molar-refractivity contribution < 1.29 is 21.6 Å². The Labute approximate surface area is 126 Å². The predicted octanol–water partition coefficient (Wildman–Crippen LogP) is 2.33. The van der Waals surface area contributed by atoms with Crippen molar-refractivity contribution in [2.45, 2.75) is 18.2 Å². The summed E-state index contributed by atoms with van der Waals surface area (Å²) in [4.78, 5) is 3.41. The van der Waals surface area contributed by atoms with Gasteiger partial charge in [0.05, 0.1) is 4.90 Å². The summed E-state index contributed by atoms with van der Waals surface area (Å²) in [5.74, 6) is -4.81. The van der Waals surface area contributed by atoms with E-state index in [1.807, 2.05) is 6.92 Å². The maximum atomic E-state index is 13.1. The lowest BCUT2D eigenvalue weighted by Crippen LogP contribution is -2.26. The van der Waals surface area contributed by atoms with Crippen molar-refractivity contribution in [3.8, 4) is 0 Å². The van der Waals surface area contributed by atoms with E-state index in [1.165, 1.54) is 0 Å². The lowest BCUT2D eigenvalue weighted by molar-refractivity contribution is 0.442. The largest absolute Gasteiger partial charge is 0.261 e. The van der Waals surface area contributed by atoms with E-state index in [0.29, 0.717) is 18.6 Å². The summed E-state index contributed by atoms with van der Waals surface area (Å²) in [6.07, 6.45) is 1.97. The first-order valence-corrected chi connectivity index (χ1v) is 7.83. The molecule has 1 heterocycles. The van der Waals surface area contributed by atoms with Crippen molar-refractivity contribution >= 4 is 10.0 Å². The number of nitrogens with one attached hydrogen (secondary N) is 1. The summed E-state index contributed by atoms with van der Waals surface area (Å²) in [7, 11) is -4.12. The summed E-state index contributed by atoms with van der Waals surface area (Å²) in [6, 6.07) is 4.46. The van der Waals surface area contributed by atoms with E-state index < -0.39 is 32.4 Å². The summed E-state index contributed by atoms with van der Waals surface area (Å²) < 4.78 is 65.0. The van der Waals surface area contributed by atoms with Gasteiger partial charge in [0.1, 0.15) is 0 Å². The Morgan fingerprint density at radius 1 is 1.14 bits per heavy atom. The molecule has 1 aromatic carbocycles. The zero-order chi connectivity index (χ0) is 16.3. The van der Waals surface area contributed by atoms with Gasteiger partial charge in [0, 0.05) is 18.4 Å². The smallest absolute Gasteiger partial charge is 0.240 e. The molecule has 8 heteroatoms. The van der Waals surface area contributed by atoms with E-state index in [9.17, 15) is 21.6 Å². The van der Waals surface area contributed by atoms with Gasteiger partial charge in [-0.2, -0.15) is 0 Å². The minimum atomic E-state index is -4.12. The number of hydrogen-bond acceptors (Lipinski definition) is 3. The Morgan fingerprint density at radius 3 is 2.32 bits per heavy atom. The molecule has 1 N–H and O–H groups in total. The molecule has 118 valence electrons. The maximum Gasteiger partial charge on any atom is 0.240 e. The van der Waals surface area contributed by atoms with Crippen molar-refractivity contribution in [2.24, 2.45) is 0 Å². The summed E-state index contributed by atoms with van der Waals surface area (Å²) in [5, 5.41) is 0. The van der Waals surface area contributed by atoms with Gasteiger partial charge in [-0.3, -0.25) is 4.98 Å². The molecular formula is C14H13F3N2O2S. The predicted molar refractivity (Wildman–Crippen MR) is 74.2 cm³/mol. The first kappa shape index (κ1) is 16.4. The van der Waals surface area contributed by atoms with Crippen molar-refractivity contribution in [1.82, 2.24) is 9.71 Å². The highest BCUT2D eigenvalue weighted by Gasteiger charge is 2.19. The quantitative estimate of drug-likeness (QED) is 0.856. The average Bonchev–Trinajstić information content (AvgIpc) is 2.46. The molecular weight excluding hydrogens is 317 g/mol. The Bertz CT molecular complexity index is 754. The minimum absolute atomic E-state index is 0.0215. The third-order valence-corrected chi connectivity index (χ3v) is 4.39. The summed E-state index contributed by atoms with van der Waals surface area (Å²) in [6.45, 7) is 1.85. The van der Waals surface area contributed by atoms with Gasteiger partial charge in [-0.15, -0.1) is 0 Å². The molecule has 0 unspecified atom stereocenters. The van der Waals surface area contributed by atoms with Gasteiger partial charge in [0.25, 0.3) is 0 Å². The van der Waals surface area contributed by atoms with Gasteiger partial charge in [-0.05, 0) is 37.1 Å². The molecule has 2 aromatic rings. The van der Waals surface area contributed by atoms with Crippen LogP contribution in [0.15, 0.2) is 35.4 Å². The lowest BCUT2D eigenvalue weighted by Gasteiger charge is -2.08. The van der Waals surface area contributed by atoms with E-state index in [0.717, 1.165) is 11.3 Å². The monoisotopic (exact) mass is 330 g/mol. The second-order valence-corrected chi connectivity index (χ2v) is 6.42. The molecule has 0 spiro atoms. The van der Waals surface area contributed by atoms with Gasteiger partial charge in [0.2, 0.25) is 10.0 Å². The molecule has 0 saturated heterocycles. The average molecular weight is 330 g/mol. The van der Waals surface area contributed by atoms with Crippen LogP contribution >= 0.6 is 0 Å². The summed E-state index contributed by atoms with van der Waals surface area (Å²) >= 11 is 0. The zero-order valence-corrected chi connectivity index (χ0v) is 12.4. The second kappa shape index (κ2) is 6.45. The molecule has 0 radical (unpaired) electrons. The minimum Gasteiger partial charge on any atom is -0.261 e. The second-order valence-electron chi connectivity index (χ2n) is 4.66. The number of halogens is 3. The van der Waals surface area contributed by atoms with Gasteiger partial charge >= 0.3 is 0 Å². The molecule has 4 nitrogen and oxygen atoms in total. The van der Waals surface area contributed by atoms with E-state index in [2.05, 4.69) is 9.71 Å². The molecule has 2 rings (SSSR count). The van der Waals surface area contributed by atoms with E-state index in [1.54, 1.807) is 18.3 Å². The molecule has 0 fully saturated rings. The zero-order valence-electron chi connectivity index (χ0n) is 11.6. The molecule has 0 bridgehead atoms. The van der Waals surface area contributed by atoms with Gasteiger partial charge in [-0.25, -0.2) is 26.3 Å². The van der Waals surface area contributed by atoms with Crippen molar-refractivity contribution in [3.05, 3.63) is 59.2 Å². The Kier molecular flexibility index (Phi) is 4.82. The number of nitrogens with zero attached hydrogens (tertiary/aromatic N) is 1. The Hall–Kier alpha value is -1.93. The fourth-order valence-electron chi connectivity index (χ4n) is 1.75. The fraction of sp³-hybridized carbons (Fsp3) is 0.214. The van der Waals surface area contributed by atoms with Crippen LogP contribution in [0.25, 0.3) is 0 Å². The molecule has 22 heavy (non-hydrogen) atoms. The highest BCUT2D eigenvalue weighted by Crippen LogP contribution is 2.17. The molecule has 0 aliphatic rings. The van der Waals surface area contributed by atoms with Crippen LogP contribution in [0.2, 0.25) is 0 Å². The van der Waals surface area contributed by atoms with Crippen LogP contribution in [0.5, 0.6) is 0 Å². The first-order valence-electron chi connectivity index (χ1n) is 6.35. The number of hydrogen-bond donors (Lipinski definition) is 1. The van der Waals surface area contributed by atoms with E-state index in [-0.39, 0.29) is 6.54 Å². The normalized spacial score (nSPS) is 11.6. The van der Waals surface area contributed by atoms with Crippen molar-refractivity contribution in [2.75, 3.05) is 6.54 Å². The highest BCUT2D eigenvalue weighted by atomic mass is 32.2. The maximum absolute atomic E-state index is 13.1. The fourth-order valence-corrected chi connectivity index (χ4v) is 2.80. The van der Waals surface area contributed by atoms with Crippen molar-refractivity contribution in [1.29, 1.82) is 0 Å². The molecule has 0 atom stereocenters. The van der Waals surface area contributed by atoms with Crippen LogP contribution in [-0.2, 0) is 16.4 Å². The van der Waals surface area contributed by atoms with Crippen LogP contribution in [0.3, 0.4) is 0 Å². The van der Waals surface area contributed by atoms with E-state index >= 15 is 0 Å². The van der Waals surface area contributed by atoms with Crippen LogP contribution in [-0.4, -0.2) is 19.9 Å². The van der Waals surface area contributed by atoms with Gasteiger partial charge < -0.3 is 0 Å². The van der Waals surface area contributed by atoms with Crippen molar-refractivity contribution in [3.63, 3.8) is 0 Å².